The maximum Gasteiger partial charge on any atom is 0.220 e. The van der Waals surface area contributed by atoms with E-state index in [0.29, 0.717) is 26.1 Å². The average Bonchev–Trinajstić information content (AvgIpc) is 2.42. The highest BCUT2D eigenvalue weighted by Gasteiger charge is 2.12. The Hall–Kier alpha value is -1.39. The van der Waals surface area contributed by atoms with Gasteiger partial charge in [0.15, 0.2) is 0 Å². The first-order chi connectivity index (χ1) is 8.77. The molecule has 0 aliphatic rings. The van der Waals surface area contributed by atoms with Crippen molar-refractivity contribution >= 4 is 5.91 Å². The summed E-state index contributed by atoms with van der Waals surface area (Å²) in [6.45, 7) is 3.10. The van der Waals surface area contributed by atoms with Crippen LogP contribution < -0.4 is 5.32 Å². The highest BCUT2D eigenvalue weighted by atomic mass is 16.5. The molecule has 0 aromatic heterocycles. The van der Waals surface area contributed by atoms with Crippen molar-refractivity contribution in [1.82, 2.24) is 5.32 Å². The summed E-state index contributed by atoms with van der Waals surface area (Å²) in [5, 5.41) is 12.1. The molecule has 18 heavy (non-hydrogen) atoms. The molecular formula is C14H21NO3. The number of carbonyl (C=O) groups excluding carboxylic acids is 1. The summed E-state index contributed by atoms with van der Waals surface area (Å²) in [5.74, 6) is -0.0578. The third kappa shape index (κ3) is 5.29. The Bertz CT molecular complexity index is 340. The number of amides is 1. The molecule has 1 amide bonds. The Labute approximate surface area is 108 Å². The molecule has 1 aromatic carbocycles. The molecule has 0 aliphatic heterocycles. The van der Waals surface area contributed by atoms with Gasteiger partial charge in [-0.2, -0.15) is 0 Å². The van der Waals surface area contributed by atoms with E-state index in [1.165, 1.54) is 0 Å². The summed E-state index contributed by atoms with van der Waals surface area (Å²) in [6.07, 6.45) is 1.12. The molecule has 100 valence electrons. The van der Waals surface area contributed by atoms with Crippen LogP contribution >= 0.6 is 0 Å². The Kier molecular flexibility index (Phi) is 7.06. The van der Waals surface area contributed by atoms with E-state index in [9.17, 15) is 9.90 Å². The van der Waals surface area contributed by atoms with Crippen LogP contribution in [0.4, 0.5) is 0 Å². The molecule has 0 saturated carbocycles. The minimum absolute atomic E-state index is 0.0578. The quantitative estimate of drug-likeness (QED) is 0.691. The SMILES string of the molecule is CCOCCCC(=O)N[C@@H](CO)c1ccccc1. The Balaban J connectivity index is 2.37. The fourth-order valence-corrected chi connectivity index (χ4v) is 1.67. The number of aliphatic hydroxyl groups is 1. The molecule has 1 aromatic rings. The largest absolute Gasteiger partial charge is 0.394 e. The van der Waals surface area contributed by atoms with Gasteiger partial charge in [0, 0.05) is 19.6 Å². The molecule has 0 radical (unpaired) electrons. The second-order valence-electron chi connectivity index (χ2n) is 4.01. The van der Waals surface area contributed by atoms with E-state index < -0.39 is 0 Å². The van der Waals surface area contributed by atoms with Crippen molar-refractivity contribution in [3.63, 3.8) is 0 Å². The molecule has 1 atom stereocenters. The molecule has 0 aliphatic carbocycles. The predicted octanol–water partition coefficient (Wildman–Crippen LogP) is 1.65. The zero-order valence-electron chi connectivity index (χ0n) is 10.8. The van der Waals surface area contributed by atoms with Crippen LogP contribution in [0, 0.1) is 0 Å². The smallest absolute Gasteiger partial charge is 0.220 e. The van der Waals surface area contributed by atoms with Gasteiger partial charge in [-0.15, -0.1) is 0 Å². The number of rotatable bonds is 8. The normalized spacial score (nSPS) is 12.1. The highest BCUT2D eigenvalue weighted by molar-refractivity contribution is 5.76. The first kappa shape index (κ1) is 14.7. The van der Waals surface area contributed by atoms with Crippen molar-refractivity contribution in [1.29, 1.82) is 0 Å². The number of aliphatic hydroxyl groups excluding tert-OH is 1. The van der Waals surface area contributed by atoms with Crippen LogP contribution in [0.15, 0.2) is 30.3 Å². The molecule has 4 nitrogen and oxygen atoms in total. The summed E-state index contributed by atoms with van der Waals surface area (Å²) in [6, 6.07) is 9.13. The maximum atomic E-state index is 11.7. The Morgan fingerprint density at radius 1 is 1.39 bits per heavy atom. The van der Waals surface area contributed by atoms with Crippen molar-refractivity contribution in [3.05, 3.63) is 35.9 Å². The zero-order chi connectivity index (χ0) is 13.2. The van der Waals surface area contributed by atoms with Crippen molar-refractivity contribution in [2.24, 2.45) is 0 Å². The first-order valence-electron chi connectivity index (χ1n) is 6.30. The second-order valence-corrected chi connectivity index (χ2v) is 4.01. The lowest BCUT2D eigenvalue weighted by Crippen LogP contribution is -2.30. The average molecular weight is 251 g/mol. The summed E-state index contributed by atoms with van der Waals surface area (Å²) in [4.78, 5) is 11.7. The van der Waals surface area contributed by atoms with Gasteiger partial charge in [-0.05, 0) is 18.9 Å². The number of hydrogen-bond donors (Lipinski definition) is 2. The van der Waals surface area contributed by atoms with Crippen LogP contribution in [0.1, 0.15) is 31.4 Å². The van der Waals surface area contributed by atoms with Gasteiger partial charge < -0.3 is 15.2 Å². The number of hydrogen-bond acceptors (Lipinski definition) is 3. The van der Waals surface area contributed by atoms with E-state index in [1.807, 2.05) is 37.3 Å². The molecule has 4 heteroatoms. The molecule has 0 spiro atoms. The van der Waals surface area contributed by atoms with E-state index in [1.54, 1.807) is 0 Å². The van der Waals surface area contributed by atoms with Gasteiger partial charge in [0.2, 0.25) is 5.91 Å². The number of carbonyl (C=O) groups is 1. The van der Waals surface area contributed by atoms with Crippen molar-refractivity contribution in [2.75, 3.05) is 19.8 Å². The fourth-order valence-electron chi connectivity index (χ4n) is 1.67. The molecule has 2 N–H and O–H groups in total. The van der Waals surface area contributed by atoms with E-state index in [2.05, 4.69) is 5.32 Å². The first-order valence-corrected chi connectivity index (χ1v) is 6.30. The highest BCUT2D eigenvalue weighted by Crippen LogP contribution is 2.11. The van der Waals surface area contributed by atoms with E-state index >= 15 is 0 Å². The van der Waals surface area contributed by atoms with Crippen LogP contribution in [0.5, 0.6) is 0 Å². The lowest BCUT2D eigenvalue weighted by Gasteiger charge is -2.16. The van der Waals surface area contributed by atoms with Crippen LogP contribution in [0.3, 0.4) is 0 Å². The summed E-state index contributed by atoms with van der Waals surface area (Å²) < 4.78 is 5.17. The van der Waals surface area contributed by atoms with Crippen molar-refractivity contribution < 1.29 is 14.6 Å². The molecule has 0 fully saturated rings. The van der Waals surface area contributed by atoms with Gasteiger partial charge in [0.25, 0.3) is 0 Å². The zero-order valence-corrected chi connectivity index (χ0v) is 10.8. The number of nitrogens with one attached hydrogen (secondary N) is 1. The molecule has 0 bridgehead atoms. The van der Waals surface area contributed by atoms with Crippen molar-refractivity contribution in [2.45, 2.75) is 25.8 Å². The van der Waals surface area contributed by atoms with Gasteiger partial charge in [0.05, 0.1) is 12.6 Å². The molecule has 0 heterocycles. The monoisotopic (exact) mass is 251 g/mol. The lowest BCUT2D eigenvalue weighted by atomic mass is 10.1. The summed E-state index contributed by atoms with van der Waals surface area (Å²) >= 11 is 0. The van der Waals surface area contributed by atoms with Crippen LogP contribution in [-0.4, -0.2) is 30.8 Å². The Morgan fingerprint density at radius 2 is 2.11 bits per heavy atom. The van der Waals surface area contributed by atoms with Crippen LogP contribution in [-0.2, 0) is 9.53 Å². The third-order valence-corrected chi connectivity index (χ3v) is 2.62. The minimum atomic E-state index is -0.328. The van der Waals surface area contributed by atoms with Gasteiger partial charge in [-0.3, -0.25) is 4.79 Å². The van der Waals surface area contributed by atoms with Gasteiger partial charge >= 0.3 is 0 Å². The predicted molar refractivity (Wildman–Crippen MR) is 70.1 cm³/mol. The fraction of sp³-hybridized carbons (Fsp3) is 0.500. The number of ether oxygens (including phenoxy) is 1. The minimum Gasteiger partial charge on any atom is -0.394 e. The van der Waals surface area contributed by atoms with E-state index in [-0.39, 0.29) is 18.6 Å². The maximum absolute atomic E-state index is 11.7. The molecule has 0 saturated heterocycles. The standard InChI is InChI=1S/C14H21NO3/c1-2-18-10-6-9-14(17)15-13(11-16)12-7-4-3-5-8-12/h3-5,7-8,13,16H,2,6,9-11H2,1H3,(H,15,17)/t13-/m0/s1. The van der Waals surface area contributed by atoms with Crippen molar-refractivity contribution in [3.8, 4) is 0 Å². The lowest BCUT2D eigenvalue weighted by molar-refractivity contribution is -0.122. The topological polar surface area (TPSA) is 58.6 Å². The van der Waals surface area contributed by atoms with E-state index in [4.69, 9.17) is 4.74 Å². The van der Waals surface area contributed by atoms with Gasteiger partial charge in [-0.25, -0.2) is 0 Å². The second kappa shape index (κ2) is 8.66. The Morgan fingerprint density at radius 3 is 2.72 bits per heavy atom. The summed E-state index contributed by atoms with van der Waals surface area (Å²) in [5.41, 5.74) is 0.915. The van der Waals surface area contributed by atoms with Crippen LogP contribution in [0.2, 0.25) is 0 Å². The van der Waals surface area contributed by atoms with Gasteiger partial charge in [0.1, 0.15) is 0 Å². The van der Waals surface area contributed by atoms with E-state index in [0.717, 1.165) is 5.56 Å². The molecular weight excluding hydrogens is 230 g/mol. The summed E-state index contributed by atoms with van der Waals surface area (Å²) in [7, 11) is 0. The van der Waals surface area contributed by atoms with Gasteiger partial charge in [-0.1, -0.05) is 30.3 Å². The molecule has 0 unspecified atom stereocenters. The molecule has 1 rings (SSSR count). The van der Waals surface area contributed by atoms with Crippen LogP contribution in [0.25, 0.3) is 0 Å². The third-order valence-electron chi connectivity index (χ3n) is 2.62. The number of benzene rings is 1.